The Hall–Kier alpha value is -1.74. The van der Waals surface area contributed by atoms with E-state index in [-0.39, 0.29) is 0 Å². The van der Waals surface area contributed by atoms with Gasteiger partial charge in [0.25, 0.3) is 0 Å². The second kappa shape index (κ2) is 8.77. The molecule has 0 saturated carbocycles. The standard InChI is InChI=1S/C18H22N4O2S2/c1-3-17(21-5-9-23-10-6-21)25-15(1)13-19-20-14-16-2-4-18(26-16)22-7-11-24-12-8-22/h1-4,13-14H,5-12H2/b19-13+,20-14+. The third-order valence-electron chi connectivity index (χ3n) is 4.31. The van der Waals surface area contributed by atoms with Crippen molar-refractivity contribution in [2.45, 2.75) is 0 Å². The van der Waals surface area contributed by atoms with Crippen LogP contribution in [0, 0.1) is 0 Å². The lowest BCUT2D eigenvalue weighted by molar-refractivity contribution is 0.123. The van der Waals surface area contributed by atoms with Crippen LogP contribution in [0.4, 0.5) is 10.0 Å². The van der Waals surface area contributed by atoms with Crippen molar-refractivity contribution < 1.29 is 9.47 Å². The predicted molar refractivity (Wildman–Crippen MR) is 110 cm³/mol. The molecule has 2 aromatic rings. The molecule has 4 rings (SSSR count). The summed E-state index contributed by atoms with van der Waals surface area (Å²) in [5.74, 6) is 0. The number of hydrogen-bond acceptors (Lipinski definition) is 8. The fourth-order valence-corrected chi connectivity index (χ4v) is 4.76. The molecule has 0 atom stereocenters. The van der Waals surface area contributed by atoms with E-state index >= 15 is 0 Å². The van der Waals surface area contributed by atoms with Crippen molar-refractivity contribution >= 4 is 45.1 Å². The zero-order valence-corrected chi connectivity index (χ0v) is 16.2. The Morgan fingerprint density at radius 1 is 0.692 bits per heavy atom. The molecule has 2 saturated heterocycles. The summed E-state index contributed by atoms with van der Waals surface area (Å²) < 4.78 is 10.8. The van der Waals surface area contributed by atoms with Crippen LogP contribution in [-0.2, 0) is 9.47 Å². The van der Waals surface area contributed by atoms with Gasteiger partial charge in [0.15, 0.2) is 0 Å². The molecule has 8 heteroatoms. The van der Waals surface area contributed by atoms with Crippen LogP contribution >= 0.6 is 22.7 Å². The molecule has 0 N–H and O–H groups in total. The molecule has 2 aliphatic rings. The van der Waals surface area contributed by atoms with Gasteiger partial charge in [0.05, 0.1) is 48.9 Å². The van der Waals surface area contributed by atoms with E-state index in [0.717, 1.165) is 62.4 Å². The zero-order chi connectivity index (χ0) is 17.6. The number of thiophene rings is 2. The van der Waals surface area contributed by atoms with Crippen LogP contribution in [0.5, 0.6) is 0 Å². The minimum atomic E-state index is 0.804. The molecule has 138 valence electrons. The highest BCUT2D eigenvalue weighted by atomic mass is 32.1. The summed E-state index contributed by atoms with van der Waals surface area (Å²) in [6, 6.07) is 8.48. The summed E-state index contributed by atoms with van der Waals surface area (Å²) in [5.41, 5.74) is 0. The van der Waals surface area contributed by atoms with Crippen molar-refractivity contribution in [1.82, 2.24) is 0 Å². The molecule has 0 aliphatic carbocycles. The van der Waals surface area contributed by atoms with Crippen LogP contribution in [0.3, 0.4) is 0 Å². The molecule has 0 bridgehead atoms. The van der Waals surface area contributed by atoms with Gasteiger partial charge < -0.3 is 19.3 Å². The van der Waals surface area contributed by atoms with Gasteiger partial charge in [0, 0.05) is 35.9 Å². The molecule has 2 aromatic heterocycles. The molecule has 2 fully saturated rings. The van der Waals surface area contributed by atoms with Crippen molar-refractivity contribution in [3.05, 3.63) is 34.0 Å². The molecule has 0 aromatic carbocycles. The third kappa shape index (κ3) is 4.50. The Morgan fingerprint density at radius 3 is 1.54 bits per heavy atom. The maximum atomic E-state index is 5.40. The van der Waals surface area contributed by atoms with Gasteiger partial charge in [-0.2, -0.15) is 10.2 Å². The zero-order valence-electron chi connectivity index (χ0n) is 14.5. The van der Waals surface area contributed by atoms with E-state index in [1.165, 1.54) is 10.0 Å². The van der Waals surface area contributed by atoms with Crippen LogP contribution < -0.4 is 9.80 Å². The van der Waals surface area contributed by atoms with Gasteiger partial charge in [0.2, 0.25) is 0 Å². The summed E-state index contributed by atoms with van der Waals surface area (Å²) in [5, 5.41) is 10.9. The number of anilines is 2. The van der Waals surface area contributed by atoms with Gasteiger partial charge >= 0.3 is 0 Å². The molecule has 26 heavy (non-hydrogen) atoms. The second-order valence-corrected chi connectivity index (χ2v) is 8.23. The highest BCUT2D eigenvalue weighted by Gasteiger charge is 2.13. The van der Waals surface area contributed by atoms with Crippen LogP contribution in [-0.4, -0.2) is 65.0 Å². The number of rotatable bonds is 5. The molecule has 0 spiro atoms. The lowest BCUT2D eigenvalue weighted by atomic mass is 10.4. The monoisotopic (exact) mass is 390 g/mol. The summed E-state index contributed by atoms with van der Waals surface area (Å²) in [6.45, 7) is 7.05. The first-order valence-electron chi connectivity index (χ1n) is 8.80. The quantitative estimate of drug-likeness (QED) is 0.582. The maximum absolute atomic E-state index is 5.40. The minimum Gasteiger partial charge on any atom is -0.378 e. The van der Waals surface area contributed by atoms with Crippen molar-refractivity contribution in [2.75, 3.05) is 62.4 Å². The Labute approximate surface area is 161 Å². The Balaban J connectivity index is 1.32. The molecule has 2 aliphatic heterocycles. The van der Waals surface area contributed by atoms with Crippen LogP contribution in [0.25, 0.3) is 0 Å². The maximum Gasteiger partial charge on any atom is 0.0916 e. The van der Waals surface area contributed by atoms with Gasteiger partial charge in [-0.1, -0.05) is 0 Å². The van der Waals surface area contributed by atoms with Gasteiger partial charge in [-0.15, -0.1) is 22.7 Å². The fourth-order valence-electron chi connectivity index (χ4n) is 2.91. The Bertz CT molecular complexity index is 695. The first-order valence-corrected chi connectivity index (χ1v) is 10.4. The average Bonchev–Trinajstić information content (AvgIpc) is 3.37. The number of hydrogen-bond donors (Lipinski definition) is 0. The fraction of sp³-hybridized carbons (Fsp3) is 0.444. The topological polar surface area (TPSA) is 49.7 Å². The number of nitrogens with zero attached hydrogens (tertiary/aromatic N) is 4. The van der Waals surface area contributed by atoms with E-state index in [1.54, 1.807) is 22.7 Å². The van der Waals surface area contributed by atoms with E-state index in [2.05, 4.69) is 44.3 Å². The summed E-state index contributed by atoms with van der Waals surface area (Å²) in [6.07, 6.45) is 3.64. The summed E-state index contributed by atoms with van der Waals surface area (Å²) in [4.78, 5) is 6.94. The largest absolute Gasteiger partial charge is 0.378 e. The van der Waals surface area contributed by atoms with Crippen molar-refractivity contribution in [2.24, 2.45) is 10.2 Å². The van der Waals surface area contributed by atoms with E-state index in [0.29, 0.717) is 0 Å². The summed E-state index contributed by atoms with van der Waals surface area (Å²) >= 11 is 3.48. The highest BCUT2D eigenvalue weighted by molar-refractivity contribution is 7.18. The third-order valence-corrected chi connectivity index (χ3v) is 6.47. The predicted octanol–water partition coefficient (Wildman–Crippen LogP) is 2.94. The van der Waals surface area contributed by atoms with Crippen LogP contribution in [0.2, 0.25) is 0 Å². The van der Waals surface area contributed by atoms with Crippen molar-refractivity contribution in [3.63, 3.8) is 0 Å². The molecule has 0 unspecified atom stereocenters. The molecular weight excluding hydrogens is 368 g/mol. The Kier molecular flexibility index (Phi) is 5.96. The normalized spacial score (nSPS) is 19.1. The summed E-state index contributed by atoms with van der Waals surface area (Å²) in [7, 11) is 0. The number of morpholine rings is 2. The molecule has 0 amide bonds. The Morgan fingerprint density at radius 2 is 1.12 bits per heavy atom. The minimum absolute atomic E-state index is 0.804. The van der Waals surface area contributed by atoms with Gasteiger partial charge in [-0.05, 0) is 24.3 Å². The van der Waals surface area contributed by atoms with Crippen molar-refractivity contribution in [1.29, 1.82) is 0 Å². The van der Waals surface area contributed by atoms with Gasteiger partial charge in [-0.25, -0.2) is 0 Å². The lowest BCUT2D eigenvalue weighted by Gasteiger charge is -2.27. The van der Waals surface area contributed by atoms with E-state index in [1.807, 2.05) is 12.4 Å². The average molecular weight is 391 g/mol. The number of ether oxygens (including phenoxy) is 2. The molecule has 6 nitrogen and oxygen atoms in total. The highest BCUT2D eigenvalue weighted by Crippen LogP contribution is 2.26. The first kappa shape index (κ1) is 17.7. The second-order valence-electron chi connectivity index (χ2n) is 6.04. The SMILES string of the molecule is C(=N\N=C\c1ccc(N2CCOCC2)s1)/c1ccc(N2CCOCC2)s1. The first-order chi connectivity index (χ1) is 12.9. The van der Waals surface area contributed by atoms with E-state index in [4.69, 9.17) is 9.47 Å². The van der Waals surface area contributed by atoms with E-state index in [9.17, 15) is 0 Å². The molecule has 4 heterocycles. The van der Waals surface area contributed by atoms with Crippen LogP contribution in [0.1, 0.15) is 9.75 Å². The van der Waals surface area contributed by atoms with Gasteiger partial charge in [-0.3, -0.25) is 0 Å². The van der Waals surface area contributed by atoms with E-state index < -0.39 is 0 Å². The smallest absolute Gasteiger partial charge is 0.0916 e. The molecule has 0 radical (unpaired) electrons. The van der Waals surface area contributed by atoms with Crippen molar-refractivity contribution in [3.8, 4) is 0 Å². The van der Waals surface area contributed by atoms with Crippen LogP contribution in [0.15, 0.2) is 34.5 Å². The van der Waals surface area contributed by atoms with Gasteiger partial charge in [0.1, 0.15) is 0 Å². The molecular formula is C18H22N4O2S2. The lowest BCUT2D eigenvalue weighted by Crippen LogP contribution is -2.35.